The highest BCUT2D eigenvalue weighted by Crippen LogP contribution is 2.25. The summed E-state index contributed by atoms with van der Waals surface area (Å²) in [4.78, 5) is 2.74. The van der Waals surface area contributed by atoms with Crippen LogP contribution in [0.3, 0.4) is 0 Å². The predicted octanol–water partition coefficient (Wildman–Crippen LogP) is 3.66. The van der Waals surface area contributed by atoms with Gasteiger partial charge in [-0.3, -0.25) is 4.90 Å². The average Bonchev–Trinajstić information content (AvgIpc) is 2.34. The van der Waals surface area contributed by atoms with Crippen LogP contribution in [0.15, 0.2) is 0 Å². The molecule has 18 heavy (non-hydrogen) atoms. The van der Waals surface area contributed by atoms with E-state index in [-0.39, 0.29) is 0 Å². The van der Waals surface area contributed by atoms with E-state index in [0.717, 1.165) is 18.0 Å². The fraction of sp³-hybridized carbons (Fsp3) is 1.00. The smallest absolute Gasteiger partial charge is 0.00992 e. The van der Waals surface area contributed by atoms with Crippen molar-refractivity contribution >= 4 is 0 Å². The summed E-state index contributed by atoms with van der Waals surface area (Å²) >= 11 is 0. The van der Waals surface area contributed by atoms with E-state index in [1.54, 1.807) is 0 Å². The van der Waals surface area contributed by atoms with E-state index < -0.39 is 0 Å². The van der Waals surface area contributed by atoms with Gasteiger partial charge in [0.25, 0.3) is 0 Å². The van der Waals surface area contributed by atoms with Gasteiger partial charge >= 0.3 is 0 Å². The van der Waals surface area contributed by atoms with E-state index in [4.69, 9.17) is 0 Å². The van der Waals surface area contributed by atoms with Crippen LogP contribution in [0.1, 0.15) is 66.7 Å². The molecule has 108 valence electrons. The number of hydrogen-bond acceptors (Lipinski definition) is 2. The molecular formula is C16H34N2. The molecule has 0 aromatic carbocycles. The Balaban J connectivity index is 2.38. The van der Waals surface area contributed by atoms with Gasteiger partial charge in [0.2, 0.25) is 0 Å². The van der Waals surface area contributed by atoms with Crippen molar-refractivity contribution < 1.29 is 0 Å². The van der Waals surface area contributed by atoms with Crippen LogP contribution >= 0.6 is 0 Å². The Morgan fingerprint density at radius 3 is 2.11 bits per heavy atom. The van der Waals surface area contributed by atoms with Crippen LogP contribution in [0.2, 0.25) is 0 Å². The minimum atomic E-state index is 0.692. The molecule has 0 aliphatic heterocycles. The number of nitrogens with one attached hydrogen (secondary N) is 1. The maximum absolute atomic E-state index is 3.68. The molecule has 0 heterocycles. The van der Waals surface area contributed by atoms with Crippen LogP contribution in [0, 0.1) is 5.92 Å². The summed E-state index contributed by atoms with van der Waals surface area (Å²) in [6, 6.07) is 2.30. The minimum absolute atomic E-state index is 0.692. The van der Waals surface area contributed by atoms with Crippen LogP contribution in [-0.4, -0.2) is 36.1 Å². The summed E-state index contributed by atoms with van der Waals surface area (Å²) in [6.07, 6.45) is 6.75. The van der Waals surface area contributed by atoms with Crippen molar-refractivity contribution in [3.8, 4) is 0 Å². The molecule has 0 atom stereocenters. The van der Waals surface area contributed by atoms with E-state index in [1.807, 2.05) is 0 Å². The van der Waals surface area contributed by atoms with E-state index in [2.05, 4.69) is 44.8 Å². The van der Waals surface area contributed by atoms with Gasteiger partial charge < -0.3 is 5.32 Å². The molecular weight excluding hydrogens is 220 g/mol. The topological polar surface area (TPSA) is 15.3 Å². The lowest BCUT2D eigenvalue weighted by Crippen LogP contribution is -2.46. The molecule has 0 saturated heterocycles. The molecule has 1 fully saturated rings. The lowest BCUT2D eigenvalue weighted by Gasteiger charge is -2.40. The van der Waals surface area contributed by atoms with Crippen molar-refractivity contribution in [2.75, 3.05) is 13.1 Å². The monoisotopic (exact) mass is 254 g/mol. The Morgan fingerprint density at radius 2 is 1.67 bits per heavy atom. The van der Waals surface area contributed by atoms with E-state index in [1.165, 1.54) is 45.2 Å². The van der Waals surface area contributed by atoms with Crippen molar-refractivity contribution in [1.29, 1.82) is 0 Å². The predicted molar refractivity (Wildman–Crippen MR) is 81.0 cm³/mol. The summed E-state index contributed by atoms with van der Waals surface area (Å²) in [5.74, 6) is 0.781. The lowest BCUT2D eigenvalue weighted by atomic mass is 9.89. The molecule has 0 aromatic rings. The first-order valence-electron chi connectivity index (χ1n) is 8.03. The normalized spacial score (nSPS) is 25.3. The zero-order chi connectivity index (χ0) is 13.5. The van der Waals surface area contributed by atoms with Gasteiger partial charge in [-0.05, 0) is 58.4 Å². The van der Waals surface area contributed by atoms with E-state index in [9.17, 15) is 0 Å². The van der Waals surface area contributed by atoms with Gasteiger partial charge in [-0.25, -0.2) is 0 Å². The molecule has 0 bridgehead atoms. The molecule has 2 heteroatoms. The van der Waals surface area contributed by atoms with Gasteiger partial charge in [0.15, 0.2) is 0 Å². The summed E-state index contributed by atoms with van der Waals surface area (Å²) in [5.41, 5.74) is 0. The van der Waals surface area contributed by atoms with Gasteiger partial charge in [-0.2, -0.15) is 0 Å². The summed E-state index contributed by atoms with van der Waals surface area (Å²) in [5, 5.41) is 3.68. The summed E-state index contributed by atoms with van der Waals surface area (Å²) in [6.45, 7) is 14.1. The molecule has 0 amide bonds. The third-order valence-electron chi connectivity index (χ3n) is 4.09. The van der Waals surface area contributed by atoms with Crippen molar-refractivity contribution in [2.24, 2.45) is 5.92 Å². The molecule has 1 N–H and O–H groups in total. The maximum atomic E-state index is 3.68. The molecule has 2 nitrogen and oxygen atoms in total. The first-order valence-corrected chi connectivity index (χ1v) is 8.03. The fourth-order valence-electron chi connectivity index (χ4n) is 3.16. The molecule has 0 aromatic heterocycles. The third kappa shape index (κ3) is 5.27. The number of rotatable bonds is 7. The first kappa shape index (κ1) is 16.0. The van der Waals surface area contributed by atoms with E-state index >= 15 is 0 Å². The summed E-state index contributed by atoms with van der Waals surface area (Å²) < 4.78 is 0. The first-order chi connectivity index (χ1) is 8.54. The largest absolute Gasteiger partial charge is 0.314 e. The molecule has 1 saturated carbocycles. The molecule has 0 spiro atoms. The second kappa shape index (κ2) is 8.16. The average molecular weight is 254 g/mol. The Kier molecular flexibility index (Phi) is 7.25. The summed E-state index contributed by atoms with van der Waals surface area (Å²) in [7, 11) is 0. The Bertz CT molecular complexity index is 205. The Morgan fingerprint density at radius 1 is 1.06 bits per heavy atom. The van der Waals surface area contributed by atoms with Crippen molar-refractivity contribution in [1.82, 2.24) is 10.2 Å². The van der Waals surface area contributed by atoms with Crippen LogP contribution < -0.4 is 5.32 Å². The zero-order valence-electron chi connectivity index (χ0n) is 13.2. The SMILES string of the molecule is CCCNC1CCC(N(CC(C)C)C(C)C)CC1. The standard InChI is InChI=1S/C16H34N2/c1-6-11-17-15-7-9-16(10-8-15)18(14(4)5)12-13(2)3/h13-17H,6-12H2,1-5H3. The highest BCUT2D eigenvalue weighted by molar-refractivity contribution is 4.84. The van der Waals surface area contributed by atoms with E-state index in [0.29, 0.717) is 6.04 Å². The van der Waals surface area contributed by atoms with Crippen LogP contribution in [0.25, 0.3) is 0 Å². The molecule has 1 aliphatic rings. The van der Waals surface area contributed by atoms with Crippen LogP contribution in [0.5, 0.6) is 0 Å². The minimum Gasteiger partial charge on any atom is -0.314 e. The second-order valence-corrected chi connectivity index (χ2v) is 6.64. The van der Waals surface area contributed by atoms with Crippen molar-refractivity contribution in [2.45, 2.75) is 84.8 Å². The number of hydrogen-bond donors (Lipinski definition) is 1. The van der Waals surface area contributed by atoms with Crippen molar-refractivity contribution in [3.63, 3.8) is 0 Å². The quantitative estimate of drug-likeness (QED) is 0.746. The van der Waals surface area contributed by atoms with Gasteiger partial charge in [0.05, 0.1) is 0 Å². The lowest BCUT2D eigenvalue weighted by molar-refractivity contribution is 0.0977. The van der Waals surface area contributed by atoms with Gasteiger partial charge in [0.1, 0.15) is 0 Å². The third-order valence-corrected chi connectivity index (χ3v) is 4.09. The number of nitrogens with zero attached hydrogens (tertiary/aromatic N) is 1. The van der Waals surface area contributed by atoms with Crippen LogP contribution in [0.4, 0.5) is 0 Å². The van der Waals surface area contributed by atoms with Gasteiger partial charge in [-0.1, -0.05) is 20.8 Å². The Hall–Kier alpha value is -0.0800. The molecule has 0 unspecified atom stereocenters. The maximum Gasteiger partial charge on any atom is 0.00992 e. The molecule has 0 radical (unpaired) electrons. The highest BCUT2D eigenvalue weighted by Gasteiger charge is 2.27. The van der Waals surface area contributed by atoms with Crippen LogP contribution in [-0.2, 0) is 0 Å². The highest BCUT2D eigenvalue weighted by atomic mass is 15.2. The second-order valence-electron chi connectivity index (χ2n) is 6.64. The zero-order valence-corrected chi connectivity index (χ0v) is 13.2. The molecule has 1 aliphatic carbocycles. The van der Waals surface area contributed by atoms with Gasteiger partial charge in [-0.15, -0.1) is 0 Å². The fourth-order valence-corrected chi connectivity index (χ4v) is 3.16. The van der Waals surface area contributed by atoms with Crippen molar-refractivity contribution in [3.05, 3.63) is 0 Å². The Labute approximate surface area is 115 Å². The van der Waals surface area contributed by atoms with Gasteiger partial charge in [0, 0.05) is 24.7 Å². The molecule has 1 rings (SSSR count).